The molecule has 3 aromatic rings. The number of benzene rings is 3. The third-order valence-electron chi connectivity index (χ3n) is 9.98. The molecule has 0 spiro atoms. The molecule has 0 aromatic heterocycles. The lowest BCUT2D eigenvalue weighted by Gasteiger charge is -2.32. The lowest BCUT2D eigenvalue weighted by molar-refractivity contribution is -0.119. The molecule has 3 aromatic carbocycles. The Hall–Kier alpha value is -3.02. The zero-order valence-corrected chi connectivity index (χ0v) is 25.7. The Morgan fingerprint density at radius 3 is 2.53 bits per heavy atom. The highest BCUT2D eigenvalue weighted by Gasteiger charge is 2.37. The zero-order chi connectivity index (χ0) is 29.8. The fourth-order valence-corrected chi connectivity index (χ4v) is 7.75. The van der Waals surface area contributed by atoms with Crippen molar-refractivity contribution in [2.75, 3.05) is 24.5 Å². The number of Topliss-reactive ketones (excluding diaryl/α,β-unsaturated/α-hetero) is 1. The maximum atomic E-state index is 14.1. The molecule has 2 atom stereocenters. The molecule has 2 aliphatic heterocycles. The summed E-state index contributed by atoms with van der Waals surface area (Å²) in [5, 5.41) is 0.439. The van der Waals surface area contributed by atoms with E-state index in [0.717, 1.165) is 75.3 Å². The molecule has 0 radical (unpaired) electrons. The van der Waals surface area contributed by atoms with E-state index in [1.54, 1.807) is 11.0 Å². The molecule has 1 saturated heterocycles. The first-order valence-corrected chi connectivity index (χ1v) is 16.5. The van der Waals surface area contributed by atoms with Crippen LogP contribution >= 0.6 is 11.6 Å². The second-order valence-electron chi connectivity index (χ2n) is 12.8. The molecular weight excluding hydrogens is 559 g/mol. The number of carbonyl (C=O) groups is 2. The summed E-state index contributed by atoms with van der Waals surface area (Å²) in [6.45, 7) is 3.31. The maximum Gasteiger partial charge on any atom is 0.227 e. The highest BCUT2D eigenvalue weighted by Crippen LogP contribution is 2.46. The summed E-state index contributed by atoms with van der Waals surface area (Å²) in [6, 6.07) is 21.0. The lowest BCUT2D eigenvalue weighted by Crippen LogP contribution is -2.35. The number of fused-ring (bicyclic) bond motifs is 3. The smallest absolute Gasteiger partial charge is 0.227 e. The van der Waals surface area contributed by atoms with Crippen LogP contribution in [-0.4, -0.2) is 36.2 Å². The van der Waals surface area contributed by atoms with Gasteiger partial charge in [-0.2, -0.15) is 0 Å². The predicted molar refractivity (Wildman–Crippen MR) is 171 cm³/mol. The highest BCUT2D eigenvalue weighted by atomic mass is 35.5. The molecule has 0 bridgehead atoms. The molecular formula is C37H42ClFN2O2. The summed E-state index contributed by atoms with van der Waals surface area (Å²) in [5.74, 6) is 1.09. The average molecular weight is 601 g/mol. The van der Waals surface area contributed by atoms with E-state index in [-0.39, 0.29) is 24.1 Å². The van der Waals surface area contributed by atoms with Gasteiger partial charge >= 0.3 is 0 Å². The van der Waals surface area contributed by atoms with Crippen molar-refractivity contribution >= 4 is 29.0 Å². The van der Waals surface area contributed by atoms with Crippen LogP contribution in [0.15, 0.2) is 66.7 Å². The first-order valence-electron chi connectivity index (χ1n) is 16.1. The van der Waals surface area contributed by atoms with Gasteiger partial charge in [-0.15, -0.1) is 0 Å². The van der Waals surface area contributed by atoms with Gasteiger partial charge in [-0.25, -0.2) is 4.39 Å². The van der Waals surface area contributed by atoms with E-state index < -0.39 is 0 Å². The molecule has 0 unspecified atom stereocenters. The number of piperidine rings is 1. The van der Waals surface area contributed by atoms with Crippen molar-refractivity contribution in [3.8, 4) is 0 Å². The molecule has 43 heavy (non-hydrogen) atoms. The number of nitrogens with zero attached hydrogens (tertiary/aromatic N) is 2. The largest absolute Gasteiger partial charge is 0.308 e. The highest BCUT2D eigenvalue weighted by molar-refractivity contribution is 6.31. The third kappa shape index (κ3) is 7.21. The predicted octanol–water partition coefficient (Wildman–Crippen LogP) is 8.61. The van der Waals surface area contributed by atoms with Gasteiger partial charge in [0, 0.05) is 29.1 Å². The molecule has 4 nitrogen and oxygen atoms in total. The first kappa shape index (κ1) is 30.0. The molecule has 6 rings (SSSR count). The van der Waals surface area contributed by atoms with Crippen molar-refractivity contribution in [3.63, 3.8) is 0 Å². The monoisotopic (exact) mass is 600 g/mol. The van der Waals surface area contributed by atoms with Crippen LogP contribution in [0, 0.1) is 17.7 Å². The number of hydrogen-bond donors (Lipinski definition) is 0. The van der Waals surface area contributed by atoms with E-state index in [4.69, 9.17) is 11.6 Å². The van der Waals surface area contributed by atoms with Crippen molar-refractivity contribution in [1.82, 2.24) is 4.90 Å². The Kier molecular flexibility index (Phi) is 9.59. The van der Waals surface area contributed by atoms with Crippen LogP contribution in [0.1, 0.15) is 90.8 Å². The lowest BCUT2D eigenvalue weighted by atomic mass is 9.74. The van der Waals surface area contributed by atoms with E-state index in [2.05, 4.69) is 41.3 Å². The fraction of sp³-hybridized carbons (Fsp3) is 0.459. The van der Waals surface area contributed by atoms with Crippen molar-refractivity contribution < 1.29 is 14.0 Å². The summed E-state index contributed by atoms with van der Waals surface area (Å²) < 4.78 is 14.1. The number of anilines is 1. The number of halogens is 2. The molecule has 1 amide bonds. The Labute approximate surface area is 260 Å². The minimum atomic E-state index is -0.375. The van der Waals surface area contributed by atoms with E-state index in [1.165, 1.54) is 30.5 Å². The van der Waals surface area contributed by atoms with Gasteiger partial charge in [0.1, 0.15) is 5.82 Å². The quantitative estimate of drug-likeness (QED) is 0.231. The summed E-state index contributed by atoms with van der Waals surface area (Å²) in [5.41, 5.74) is 4.59. The molecule has 226 valence electrons. The van der Waals surface area contributed by atoms with Crippen LogP contribution in [0.25, 0.3) is 0 Å². The summed E-state index contributed by atoms with van der Waals surface area (Å²) in [6.07, 6.45) is 9.71. The summed E-state index contributed by atoms with van der Waals surface area (Å²) in [4.78, 5) is 31.4. The molecule has 2 heterocycles. The number of ketones is 1. The van der Waals surface area contributed by atoms with Crippen LogP contribution in [0.4, 0.5) is 10.1 Å². The molecule has 1 saturated carbocycles. The molecule has 1 aliphatic carbocycles. The normalized spacial score (nSPS) is 21.3. The van der Waals surface area contributed by atoms with Gasteiger partial charge in [0.05, 0.1) is 6.54 Å². The van der Waals surface area contributed by atoms with Gasteiger partial charge in [-0.1, -0.05) is 66.9 Å². The van der Waals surface area contributed by atoms with Crippen LogP contribution in [0.5, 0.6) is 0 Å². The number of likely N-dealkylation sites (tertiary alicyclic amines) is 1. The van der Waals surface area contributed by atoms with Crippen LogP contribution < -0.4 is 4.90 Å². The second kappa shape index (κ2) is 13.7. The van der Waals surface area contributed by atoms with Crippen molar-refractivity contribution in [2.24, 2.45) is 11.8 Å². The van der Waals surface area contributed by atoms with Gasteiger partial charge in [-0.3, -0.25) is 9.59 Å². The van der Waals surface area contributed by atoms with Crippen LogP contribution in [0.2, 0.25) is 5.02 Å². The van der Waals surface area contributed by atoms with Crippen molar-refractivity contribution in [3.05, 3.63) is 99.8 Å². The molecule has 6 heteroatoms. The Morgan fingerprint density at radius 1 is 0.930 bits per heavy atom. The fourth-order valence-electron chi connectivity index (χ4n) is 7.57. The standard InChI is InChI=1S/C37H42ClFN2O2/c38-34-15-13-31(39)22-30(34)25-41-35-23-29(12-14-33(35)32-10-5-4-9-28(32)24-37(41)43)36(42)11-6-18-40-19-16-27(17-20-40)21-26-7-2-1-3-8-26/h1-3,7-8,12-15,22-23,27-28,32H,4-6,9-11,16-21,24-25H2/t28-,32-/m0/s1. The summed E-state index contributed by atoms with van der Waals surface area (Å²) in [7, 11) is 0. The number of carbonyl (C=O) groups excluding carboxylic acids is 2. The molecule has 3 aliphatic rings. The number of amides is 1. The summed E-state index contributed by atoms with van der Waals surface area (Å²) >= 11 is 6.44. The number of hydrogen-bond acceptors (Lipinski definition) is 3. The van der Waals surface area contributed by atoms with Gasteiger partial charge in [0.25, 0.3) is 0 Å². The van der Waals surface area contributed by atoms with Gasteiger partial charge in [0.15, 0.2) is 5.78 Å². The van der Waals surface area contributed by atoms with Crippen LogP contribution in [0.3, 0.4) is 0 Å². The van der Waals surface area contributed by atoms with E-state index in [1.807, 2.05) is 12.1 Å². The third-order valence-corrected chi connectivity index (χ3v) is 10.3. The zero-order valence-electron chi connectivity index (χ0n) is 24.9. The van der Waals surface area contributed by atoms with Gasteiger partial charge in [-0.05, 0) is 117 Å². The van der Waals surface area contributed by atoms with E-state index >= 15 is 0 Å². The van der Waals surface area contributed by atoms with E-state index in [0.29, 0.717) is 40.8 Å². The second-order valence-corrected chi connectivity index (χ2v) is 13.3. The van der Waals surface area contributed by atoms with Crippen molar-refractivity contribution in [2.45, 2.75) is 76.7 Å². The SMILES string of the molecule is O=C(CCCN1CCC(Cc2ccccc2)CC1)c1ccc2c(c1)N(Cc1cc(F)ccc1Cl)C(=O)C[C@@H]1CCCC[C@H]21. The topological polar surface area (TPSA) is 40.6 Å². The molecule has 0 N–H and O–H groups in total. The van der Waals surface area contributed by atoms with Crippen LogP contribution in [-0.2, 0) is 17.8 Å². The van der Waals surface area contributed by atoms with Gasteiger partial charge in [0.2, 0.25) is 5.91 Å². The Morgan fingerprint density at radius 2 is 1.72 bits per heavy atom. The molecule has 2 fully saturated rings. The van der Waals surface area contributed by atoms with Gasteiger partial charge < -0.3 is 9.80 Å². The average Bonchev–Trinajstić information content (AvgIpc) is 3.14. The van der Waals surface area contributed by atoms with E-state index in [9.17, 15) is 14.0 Å². The Bertz CT molecular complexity index is 1440. The minimum Gasteiger partial charge on any atom is -0.308 e. The first-order chi connectivity index (χ1) is 20.9. The minimum absolute atomic E-state index is 0.0243. The maximum absolute atomic E-state index is 14.1. The number of rotatable bonds is 9. The Balaban J connectivity index is 1.12. The van der Waals surface area contributed by atoms with Crippen molar-refractivity contribution in [1.29, 1.82) is 0 Å².